The summed E-state index contributed by atoms with van der Waals surface area (Å²) in [5.74, 6) is -1.39. The predicted octanol–water partition coefficient (Wildman–Crippen LogP) is 5.73. The number of hydrogen-bond acceptors (Lipinski definition) is 8. The van der Waals surface area contributed by atoms with Crippen LogP contribution in [0, 0.1) is 0 Å². The van der Waals surface area contributed by atoms with Crippen LogP contribution in [-0.2, 0) is 20.1 Å². The normalized spacial score (nSPS) is 10.6. The Morgan fingerprint density at radius 1 is 0.778 bits per heavy atom. The Morgan fingerprint density at radius 2 is 1.39 bits per heavy atom. The molecule has 0 unspecified atom stereocenters. The van der Waals surface area contributed by atoms with Gasteiger partial charge in [0.25, 0.3) is 0 Å². The van der Waals surface area contributed by atoms with E-state index in [-0.39, 0.29) is 35.6 Å². The molecule has 0 radical (unpaired) electrons. The van der Waals surface area contributed by atoms with Crippen molar-refractivity contribution in [1.29, 1.82) is 0 Å². The Morgan fingerprint density at radius 3 is 1.97 bits per heavy atom. The zero-order valence-electron chi connectivity index (χ0n) is 19.5. The van der Waals surface area contributed by atoms with Crippen molar-refractivity contribution in [3.63, 3.8) is 0 Å². The molecule has 4 rings (SSSR count). The quantitative estimate of drug-likeness (QED) is 0.198. The lowest BCUT2D eigenvalue weighted by Gasteiger charge is -2.04. The second kappa shape index (κ2) is 12.6. The van der Waals surface area contributed by atoms with Crippen LogP contribution in [0.25, 0.3) is 21.9 Å². The van der Waals surface area contributed by atoms with Gasteiger partial charge in [-0.15, -0.1) is 0 Å². The first kappa shape index (κ1) is 27.3. The number of alkyl halides is 2. The van der Waals surface area contributed by atoms with Crippen molar-refractivity contribution in [2.45, 2.75) is 24.5 Å². The Hall–Kier alpha value is -3.24. The van der Waals surface area contributed by atoms with Crippen molar-refractivity contribution < 1.29 is 27.9 Å². The van der Waals surface area contributed by atoms with Crippen LogP contribution in [0.3, 0.4) is 0 Å². The van der Waals surface area contributed by atoms with E-state index in [1.165, 1.54) is 12.1 Å². The number of ether oxygens (including phenoxy) is 2. The van der Waals surface area contributed by atoms with E-state index in [1.807, 2.05) is 12.1 Å². The molecule has 2 heterocycles. The first-order chi connectivity index (χ1) is 17.3. The maximum absolute atomic E-state index is 12.0. The van der Waals surface area contributed by atoms with Gasteiger partial charge in [-0.05, 0) is 43.2 Å². The van der Waals surface area contributed by atoms with Gasteiger partial charge in [-0.1, -0.05) is 50.1 Å². The fraction of sp³-hybridized carbons (Fsp3) is 0.231. The standard InChI is InChI=1S/2C13H11BrO4/c1-2-17-13(16)12-6-10(15)9-5-8(7-14)3-4-11(9)18-12;1-2-17-13(16)11-6-9(15)12-8(7-14)4-3-5-10(12)18-11/h2*3-6H,2,7H2,1H3. The average Bonchev–Trinajstić information content (AvgIpc) is 2.88. The van der Waals surface area contributed by atoms with E-state index in [0.717, 1.165) is 11.1 Å². The fourth-order valence-corrected chi connectivity index (χ4v) is 4.10. The highest BCUT2D eigenvalue weighted by molar-refractivity contribution is 9.08. The average molecular weight is 622 g/mol. The fourth-order valence-electron chi connectivity index (χ4n) is 3.28. The number of fused-ring (bicyclic) bond motifs is 2. The van der Waals surface area contributed by atoms with Crippen molar-refractivity contribution >= 4 is 65.7 Å². The molecular weight excluding hydrogens is 600 g/mol. The lowest BCUT2D eigenvalue weighted by molar-refractivity contribution is 0.0482. The van der Waals surface area contributed by atoms with Crippen LogP contribution in [0.1, 0.15) is 46.1 Å². The van der Waals surface area contributed by atoms with Crippen LogP contribution in [-0.4, -0.2) is 25.2 Å². The number of benzene rings is 2. The highest BCUT2D eigenvalue weighted by Crippen LogP contribution is 2.19. The molecule has 10 heteroatoms. The number of carbonyl (C=O) groups excluding carboxylic acids is 2. The Labute approximate surface area is 222 Å². The zero-order valence-corrected chi connectivity index (χ0v) is 22.6. The van der Waals surface area contributed by atoms with Gasteiger partial charge in [-0.25, -0.2) is 9.59 Å². The van der Waals surface area contributed by atoms with Gasteiger partial charge in [0, 0.05) is 22.8 Å². The molecule has 0 aliphatic carbocycles. The molecule has 0 spiro atoms. The van der Waals surface area contributed by atoms with E-state index in [2.05, 4.69) is 31.9 Å². The Balaban J connectivity index is 0.000000201. The second-order valence-corrected chi connectivity index (χ2v) is 8.40. The monoisotopic (exact) mass is 620 g/mol. The molecule has 0 saturated carbocycles. The van der Waals surface area contributed by atoms with Crippen LogP contribution < -0.4 is 10.9 Å². The van der Waals surface area contributed by atoms with Gasteiger partial charge < -0.3 is 18.3 Å². The highest BCUT2D eigenvalue weighted by Gasteiger charge is 2.15. The van der Waals surface area contributed by atoms with Crippen molar-refractivity contribution in [3.8, 4) is 0 Å². The lowest BCUT2D eigenvalue weighted by Crippen LogP contribution is -2.10. The third-order valence-corrected chi connectivity index (χ3v) is 6.14. The van der Waals surface area contributed by atoms with Crippen LogP contribution >= 0.6 is 31.9 Å². The molecule has 0 amide bonds. The van der Waals surface area contributed by atoms with Gasteiger partial charge in [0.2, 0.25) is 11.5 Å². The molecule has 0 aliphatic heterocycles. The van der Waals surface area contributed by atoms with E-state index >= 15 is 0 Å². The topological polar surface area (TPSA) is 113 Å². The van der Waals surface area contributed by atoms with E-state index in [1.54, 1.807) is 38.1 Å². The SMILES string of the molecule is CCOC(=O)c1cc(=O)c2c(CBr)cccc2o1.CCOC(=O)c1cc(=O)c2cc(CBr)ccc2o1. The van der Waals surface area contributed by atoms with Crippen LogP contribution in [0.2, 0.25) is 0 Å². The summed E-state index contributed by atoms with van der Waals surface area (Å²) in [7, 11) is 0. The minimum Gasteiger partial charge on any atom is -0.460 e. The summed E-state index contributed by atoms with van der Waals surface area (Å²) in [5, 5.41) is 2.15. The summed E-state index contributed by atoms with van der Waals surface area (Å²) < 4.78 is 20.4. The summed E-state index contributed by atoms with van der Waals surface area (Å²) in [6.07, 6.45) is 0. The van der Waals surface area contributed by atoms with Gasteiger partial charge in [-0.2, -0.15) is 0 Å². The molecule has 0 N–H and O–H groups in total. The van der Waals surface area contributed by atoms with E-state index in [9.17, 15) is 19.2 Å². The van der Waals surface area contributed by atoms with E-state index in [0.29, 0.717) is 32.6 Å². The van der Waals surface area contributed by atoms with Crippen molar-refractivity contribution in [3.05, 3.63) is 91.6 Å². The summed E-state index contributed by atoms with van der Waals surface area (Å²) in [6.45, 7) is 3.87. The number of halogens is 2. The molecular formula is C26H22Br2O8. The van der Waals surface area contributed by atoms with E-state index in [4.69, 9.17) is 18.3 Å². The smallest absolute Gasteiger partial charge is 0.374 e. The van der Waals surface area contributed by atoms with Gasteiger partial charge >= 0.3 is 11.9 Å². The minimum atomic E-state index is -0.624. The molecule has 0 bridgehead atoms. The molecule has 2 aromatic heterocycles. The summed E-state index contributed by atoms with van der Waals surface area (Å²) >= 11 is 6.63. The maximum atomic E-state index is 12.0. The van der Waals surface area contributed by atoms with Crippen LogP contribution in [0.5, 0.6) is 0 Å². The first-order valence-electron chi connectivity index (χ1n) is 10.9. The maximum Gasteiger partial charge on any atom is 0.374 e. The third kappa shape index (κ3) is 6.30. The number of hydrogen-bond donors (Lipinski definition) is 0. The summed E-state index contributed by atoms with van der Waals surface area (Å²) in [6, 6.07) is 12.8. The van der Waals surface area contributed by atoms with Gasteiger partial charge in [-0.3, -0.25) is 9.59 Å². The minimum absolute atomic E-state index is 0.0685. The molecule has 2 aromatic carbocycles. The van der Waals surface area contributed by atoms with Crippen molar-refractivity contribution in [2.24, 2.45) is 0 Å². The first-order valence-corrected chi connectivity index (χ1v) is 13.2. The van der Waals surface area contributed by atoms with Gasteiger partial charge in [0.15, 0.2) is 10.9 Å². The van der Waals surface area contributed by atoms with Crippen molar-refractivity contribution in [1.82, 2.24) is 0 Å². The molecule has 0 atom stereocenters. The third-order valence-electron chi connectivity index (χ3n) is 4.88. The molecule has 0 aliphatic rings. The molecule has 4 aromatic rings. The van der Waals surface area contributed by atoms with Gasteiger partial charge in [0.1, 0.15) is 11.2 Å². The summed E-state index contributed by atoms with van der Waals surface area (Å²) in [4.78, 5) is 46.9. The Bertz CT molecular complexity index is 1520. The molecule has 188 valence electrons. The Kier molecular flexibility index (Phi) is 9.60. The highest BCUT2D eigenvalue weighted by atomic mass is 79.9. The van der Waals surface area contributed by atoms with Crippen LogP contribution in [0.4, 0.5) is 0 Å². The predicted molar refractivity (Wildman–Crippen MR) is 142 cm³/mol. The summed E-state index contributed by atoms with van der Waals surface area (Å²) in [5.41, 5.74) is 2.09. The molecule has 0 saturated heterocycles. The van der Waals surface area contributed by atoms with Crippen LogP contribution in [0.15, 0.2) is 67.0 Å². The second-order valence-electron chi connectivity index (χ2n) is 7.28. The molecule has 8 nitrogen and oxygen atoms in total. The largest absolute Gasteiger partial charge is 0.460 e. The molecule has 36 heavy (non-hydrogen) atoms. The lowest BCUT2D eigenvalue weighted by atomic mass is 10.1. The zero-order chi connectivity index (χ0) is 26.2. The van der Waals surface area contributed by atoms with E-state index < -0.39 is 11.9 Å². The number of rotatable bonds is 6. The van der Waals surface area contributed by atoms with Gasteiger partial charge in [0.05, 0.1) is 24.0 Å². The van der Waals surface area contributed by atoms with Crippen molar-refractivity contribution in [2.75, 3.05) is 13.2 Å². The number of esters is 2. The number of carbonyl (C=O) groups is 2. The molecule has 0 fully saturated rings.